The normalized spacial score (nSPS) is 11.8. The van der Waals surface area contributed by atoms with Crippen molar-refractivity contribution in [2.75, 3.05) is 0 Å². The molecular weight excluding hydrogens is 729 g/mol. The quantitative estimate of drug-likeness (QED) is 0.175. The van der Waals surface area contributed by atoms with E-state index in [0.29, 0.717) is 23.4 Å². The number of nitrogens with zero attached hydrogens (tertiary/aromatic N) is 4. The van der Waals surface area contributed by atoms with E-state index in [2.05, 4.69) is 152 Å². The predicted molar refractivity (Wildman–Crippen MR) is 240 cm³/mol. The molecule has 12 aromatic rings. The fraction of sp³-hybridized carbons (Fsp3) is 0. The Morgan fingerprint density at radius 1 is 0.362 bits per heavy atom. The van der Waals surface area contributed by atoms with E-state index in [1.807, 2.05) is 30.3 Å². The minimum atomic E-state index is 0.627. The molecule has 0 saturated carbocycles. The number of hydrogen-bond acceptors (Lipinski definition) is 6. The van der Waals surface area contributed by atoms with Crippen LogP contribution in [0.3, 0.4) is 0 Å². The third-order valence-electron chi connectivity index (χ3n) is 11.1. The standard InChI is InChI=1S/C52H30N4OS/c1-2-13-33(14-3-1)49-54-50(36-25-23-31-11-4-6-15-34(31)27-36)56-51(55-49)42-21-9-17-38-39(18-8-19-40(38)42)41-20-10-22-46-48(41)43-29-45-44(30-47(43)58-46)53-52(57-45)37-26-24-32-12-5-7-16-35(32)28-37/h1-30H. The van der Waals surface area contributed by atoms with Gasteiger partial charge in [-0.05, 0) is 79.8 Å². The van der Waals surface area contributed by atoms with E-state index < -0.39 is 0 Å². The van der Waals surface area contributed by atoms with Crippen LogP contribution in [0.4, 0.5) is 0 Å². The second kappa shape index (κ2) is 13.0. The van der Waals surface area contributed by atoms with Crippen molar-refractivity contribution in [3.8, 4) is 56.7 Å². The molecule has 0 unspecified atom stereocenters. The van der Waals surface area contributed by atoms with E-state index in [9.17, 15) is 0 Å². The maximum absolute atomic E-state index is 6.49. The van der Waals surface area contributed by atoms with Crippen molar-refractivity contribution in [3.63, 3.8) is 0 Å². The molecule has 0 spiro atoms. The number of rotatable bonds is 5. The Labute approximate surface area is 336 Å². The molecule has 0 radical (unpaired) electrons. The van der Waals surface area contributed by atoms with Crippen molar-refractivity contribution in [2.45, 2.75) is 0 Å². The second-order valence-corrected chi connectivity index (χ2v) is 15.7. The number of benzene rings is 9. The van der Waals surface area contributed by atoms with Gasteiger partial charge in [-0.25, -0.2) is 19.9 Å². The summed E-state index contributed by atoms with van der Waals surface area (Å²) in [6.45, 7) is 0. The first kappa shape index (κ1) is 32.7. The second-order valence-electron chi connectivity index (χ2n) is 14.6. The van der Waals surface area contributed by atoms with Crippen molar-refractivity contribution in [1.29, 1.82) is 0 Å². The van der Waals surface area contributed by atoms with E-state index in [1.165, 1.54) is 25.6 Å². The van der Waals surface area contributed by atoms with E-state index >= 15 is 0 Å². The van der Waals surface area contributed by atoms with Gasteiger partial charge < -0.3 is 4.42 Å². The lowest BCUT2D eigenvalue weighted by atomic mass is 9.93. The lowest BCUT2D eigenvalue weighted by molar-refractivity contribution is 0.620. The lowest BCUT2D eigenvalue weighted by Gasteiger charge is -2.13. The molecule has 12 rings (SSSR count). The summed E-state index contributed by atoms with van der Waals surface area (Å²) in [4.78, 5) is 20.3. The maximum atomic E-state index is 6.49. The molecule has 0 aliphatic rings. The predicted octanol–water partition coefficient (Wildman–Crippen LogP) is 14.2. The average Bonchev–Trinajstić information content (AvgIpc) is 3.88. The van der Waals surface area contributed by atoms with Crippen molar-refractivity contribution in [1.82, 2.24) is 19.9 Å². The van der Waals surface area contributed by atoms with Crippen molar-refractivity contribution in [2.24, 2.45) is 0 Å². The number of fused-ring (bicyclic) bond motifs is 7. The third-order valence-corrected chi connectivity index (χ3v) is 12.2. The Balaban J connectivity index is 1.01. The molecule has 58 heavy (non-hydrogen) atoms. The highest BCUT2D eigenvalue weighted by Crippen LogP contribution is 2.44. The summed E-state index contributed by atoms with van der Waals surface area (Å²) in [6, 6.07) is 63.5. The van der Waals surface area contributed by atoms with Gasteiger partial charge >= 0.3 is 0 Å². The molecule has 0 amide bonds. The smallest absolute Gasteiger partial charge is 0.227 e. The van der Waals surface area contributed by atoms with Crippen LogP contribution < -0.4 is 0 Å². The topological polar surface area (TPSA) is 64.7 Å². The van der Waals surface area contributed by atoms with Crippen LogP contribution in [0.5, 0.6) is 0 Å². The summed E-state index contributed by atoms with van der Waals surface area (Å²) < 4.78 is 8.88. The van der Waals surface area contributed by atoms with Gasteiger partial charge in [0.05, 0.1) is 0 Å². The van der Waals surface area contributed by atoms with Crippen LogP contribution >= 0.6 is 11.3 Å². The van der Waals surface area contributed by atoms with E-state index in [0.717, 1.165) is 71.4 Å². The molecule has 0 saturated heterocycles. The Morgan fingerprint density at radius 2 is 0.966 bits per heavy atom. The Morgan fingerprint density at radius 3 is 1.74 bits per heavy atom. The minimum Gasteiger partial charge on any atom is -0.436 e. The van der Waals surface area contributed by atoms with Gasteiger partial charge in [0.25, 0.3) is 0 Å². The van der Waals surface area contributed by atoms with E-state index in [-0.39, 0.29) is 0 Å². The first-order valence-electron chi connectivity index (χ1n) is 19.3. The number of aromatic nitrogens is 4. The summed E-state index contributed by atoms with van der Waals surface area (Å²) >= 11 is 1.79. The molecule has 0 fully saturated rings. The van der Waals surface area contributed by atoms with Crippen LogP contribution in [0.15, 0.2) is 186 Å². The monoisotopic (exact) mass is 758 g/mol. The number of oxazole rings is 1. The van der Waals surface area contributed by atoms with Gasteiger partial charge in [0, 0.05) is 42.4 Å². The van der Waals surface area contributed by atoms with Crippen molar-refractivity contribution >= 4 is 74.9 Å². The van der Waals surface area contributed by atoms with Gasteiger partial charge in [0.2, 0.25) is 5.89 Å². The molecule has 270 valence electrons. The molecule has 5 nitrogen and oxygen atoms in total. The molecule has 0 aliphatic carbocycles. The van der Waals surface area contributed by atoms with Gasteiger partial charge in [-0.1, -0.05) is 146 Å². The van der Waals surface area contributed by atoms with Gasteiger partial charge in [-0.15, -0.1) is 11.3 Å². The average molecular weight is 759 g/mol. The molecular formula is C52H30N4OS. The SMILES string of the molecule is c1ccc(-c2nc(-c3ccc4ccccc4c3)nc(-c3cccc4c(-c5cccc6sc7cc8nc(-c9ccc%10ccccc%10c9)oc8cc7c56)cccc34)n2)cc1. The highest BCUT2D eigenvalue weighted by molar-refractivity contribution is 7.26. The molecule has 3 heterocycles. The lowest BCUT2D eigenvalue weighted by Crippen LogP contribution is -2.00. The zero-order chi connectivity index (χ0) is 38.2. The molecule has 0 N–H and O–H groups in total. The number of hydrogen-bond donors (Lipinski definition) is 0. The van der Waals surface area contributed by atoms with Crippen LogP contribution in [-0.4, -0.2) is 19.9 Å². The van der Waals surface area contributed by atoms with Crippen LogP contribution in [0, 0.1) is 0 Å². The Bertz CT molecular complexity index is 3590. The third kappa shape index (κ3) is 5.38. The maximum Gasteiger partial charge on any atom is 0.227 e. The fourth-order valence-corrected chi connectivity index (χ4v) is 9.47. The molecule has 0 atom stereocenters. The van der Waals surface area contributed by atoms with Crippen LogP contribution in [0.2, 0.25) is 0 Å². The zero-order valence-electron chi connectivity index (χ0n) is 30.9. The summed E-state index contributed by atoms with van der Waals surface area (Å²) in [5.41, 5.74) is 7.74. The summed E-state index contributed by atoms with van der Waals surface area (Å²) in [5.74, 6) is 2.54. The number of thiophene rings is 1. The van der Waals surface area contributed by atoms with Gasteiger partial charge in [-0.3, -0.25) is 0 Å². The van der Waals surface area contributed by atoms with Gasteiger partial charge in [-0.2, -0.15) is 0 Å². The Hall–Kier alpha value is -7.54. The fourth-order valence-electron chi connectivity index (χ4n) is 8.33. The molecule has 3 aromatic heterocycles. The summed E-state index contributed by atoms with van der Waals surface area (Å²) in [7, 11) is 0. The first-order valence-corrected chi connectivity index (χ1v) is 20.1. The van der Waals surface area contributed by atoms with Gasteiger partial charge in [0.1, 0.15) is 5.52 Å². The first-order chi connectivity index (χ1) is 28.7. The molecule has 6 heteroatoms. The van der Waals surface area contributed by atoms with Gasteiger partial charge in [0.15, 0.2) is 23.1 Å². The van der Waals surface area contributed by atoms with Crippen molar-refractivity contribution < 1.29 is 4.42 Å². The van der Waals surface area contributed by atoms with Crippen LogP contribution in [0.25, 0.3) is 120 Å². The summed E-state index contributed by atoms with van der Waals surface area (Å²) in [6.07, 6.45) is 0. The zero-order valence-corrected chi connectivity index (χ0v) is 31.7. The largest absolute Gasteiger partial charge is 0.436 e. The van der Waals surface area contributed by atoms with Crippen LogP contribution in [-0.2, 0) is 0 Å². The van der Waals surface area contributed by atoms with E-state index in [4.69, 9.17) is 24.4 Å². The highest BCUT2D eigenvalue weighted by atomic mass is 32.1. The molecule has 9 aromatic carbocycles. The summed E-state index contributed by atoms with van der Waals surface area (Å²) in [5, 5.41) is 9.23. The minimum absolute atomic E-state index is 0.627. The van der Waals surface area contributed by atoms with E-state index in [1.54, 1.807) is 11.3 Å². The molecule has 0 bridgehead atoms. The van der Waals surface area contributed by atoms with Crippen molar-refractivity contribution in [3.05, 3.63) is 182 Å². The Kier molecular flexibility index (Phi) is 7.33. The highest BCUT2D eigenvalue weighted by Gasteiger charge is 2.19. The molecule has 0 aliphatic heterocycles. The van der Waals surface area contributed by atoms with Crippen LogP contribution in [0.1, 0.15) is 0 Å².